The first-order valence-corrected chi connectivity index (χ1v) is 8.25. The average Bonchev–Trinajstić information content (AvgIpc) is 2.69. The molecule has 1 heterocycles. The molecule has 0 spiro atoms. The van der Waals surface area contributed by atoms with Gasteiger partial charge in [-0.3, -0.25) is 4.79 Å². The third-order valence-corrected chi connectivity index (χ3v) is 4.39. The van der Waals surface area contributed by atoms with E-state index in [1.165, 1.54) is 7.05 Å². The monoisotopic (exact) mass is 344 g/mol. The molecule has 4 rings (SSSR count). The summed E-state index contributed by atoms with van der Waals surface area (Å²) in [5.41, 5.74) is 0.819. The summed E-state index contributed by atoms with van der Waals surface area (Å²) in [7, 11) is 1.52. The second-order valence-corrected chi connectivity index (χ2v) is 6.04. The molecule has 1 aromatic heterocycles. The van der Waals surface area contributed by atoms with Crippen LogP contribution in [0.5, 0.6) is 0 Å². The number of carbonyl (C=O) groups excluding carboxylic acids is 1. The van der Waals surface area contributed by atoms with Crippen LogP contribution in [0.2, 0.25) is 0 Å². The van der Waals surface area contributed by atoms with Crippen LogP contribution < -0.4 is 5.56 Å². The molecular weight excluding hydrogens is 328 g/mol. The molecule has 0 bridgehead atoms. The lowest BCUT2D eigenvalue weighted by Gasteiger charge is -2.10. The van der Waals surface area contributed by atoms with Crippen molar-refractivity contribution < 1.29 is 9.53 Å². The minimum absolute atomic E-state index is 0.138. The fourth-order valence-corrected chi connectivity index (χ4v) is 3.08. The Kier molecular flexibility index (Phi) is 3.97. The first kappa shape index (κ1) is 16.0. The van der Waals surface area contributed by atoms with E-state index in [9.17, 15) is 9.59 Å². The van der Waals surface area contributed by atoms with Gasteiger partial charge in [0.05, 0.1) is 5.39 Å². The highest BCUT2D eigenvalue weighted by Crippen LogP contribution is 2.20. The normalized spacial score (nSPS) is 11.0. The molecule has 3 aromatic carbocycles. The zero-order chi connectivity index (χ0) is 18.1. The number of ether oxygens (including phenoxy) is 1. The SMILES string of the molecule is Cn1nc(C(=O)OCc2cccc3ccccc23)c2ccccc2c1=O. The van der Waals surface area contributed by atoms with E-state index >= 15 is 0 Å². The summed E-state index contributed by atoms with van der Waals surface area (Å²) >= 11 is 0. The zero-order valence-electron chi connectivity index (χ0n) is 14.2. The van der Waals surface area contributed by atoms with E-state index in [2.05, 4.69) is 5.10 Å². The second kappa shape index (κ2) is 6.44. The smallest absolute Gasteiger partial charge is 0.359 e. The fourth-order valence-electron chi connectivity index (χ4n) is 3.08. The van der Waals surface area contributed by atoms with E-state index < -0.39 is 5.97 Å². The van der Waals surface area contributed by atoms with Crippen molar-refractivity contribution in [3.05, 3.63) is 88.3 Å². The van der Waals surface area contributed by atoms with Crippen LogP contribution in [-0.4, -0.2) is 15.7 Å². The standard InChI is InChI=1S/C21H16N2O3/c1-23-20(24)18-12-5-4-11-17(18)19(22-23)21(25)26-13-15-9-6-8-14-7-2-3-10-16(14)15/h2-12H,13H2,1H3. The highest BCUT2D eigenvalue weighted by atomic mass is 16.5. The Balaban J connectivity index is 1.68. The van der Waals surface area contributed by atoms with Crippen LogP contribution in [0, 0.1) is 0 Å². The van der Waals surface area contributed by atoms with E-state index in [1.807, 2.05) is 42.5 Å². The zero-order valence-corrected chi connectivity index (χ0v) is 14.2. The van der Waals surface area contributed by atoms with Crippen LogP contribution in [0.25, 0.3) is 21.5 Å². The summed E-state index contributed by atoms with van der Waals surface area (Å²) in [6, 6.07) is 20.7. The van der Waals surface area contributed by atoms with Gasteiger partial charge in [0.25, 0.3) is 5.56 Å². The predicted octanol–water partition coefficient (Wildman–Crippen LogP) is 3.44. The van der Waals surface area contributed by atoms with Crippen molar-refractivity contribution in [2.45, 2.75) is 6.61 Å². The number of aromatic nitrogens is 2. The van der Waals surface area contributed by atoms with E-state index in [0.717, 1.165) is 21.0 Å². The number of carbonyl (C=O) groups is 1. The fraction of sp³-hybridized carbons (Fsp3) is 0.0952. The number of esters is 1. The van der Waals surface area contributed by atoms with Crippen molar-refractivity contribution in [1.82, 2.24) is 9.78 Å². The van der Waals surface area contributed by atoms with Gasteiger partial charge in [0.2, 0.25) is 0 Å². The minimum Gasteiger partial charge on any atom is -0.456 e. The molecule has 0 N–H and O–H groups in total. The molecule has 0 amide bonds. The summed E-state index contributed by atoms with van der Waals surface area (Å²) in [5, 5.41) is 7.18. The number of fused-ring (bicyclic) bond motifs is 2. The van der Waals surface area contributed by atoms with Crippen molar-refractivity contribution >= 4 is 27.5 Å². The summed E-state index contributed by atoms with van der Waals surface area (Å²) in [5.74, 6) is -0.551. The third kappa shape index (κ3) is 2.73. The van der Waals surface area contributed by atoms with Crippen LogP contribution in [0.3, 0.4) is 0 Å². The summed E-state index contributed by atoms with van der Waals surface area (Å²) in [4.78, 5) is 24.8. The van der Waals surface area contributed by atoms with Crippen LogP contribution in [0.1, 0.15) is 16.1 Å². The first-order valence-electron chi connectivity index (χ1n) is 8.25. The Morgan fingerprint density at radius 3 is 2.38 bits per heavy atom. The van der Waals surface area contributed by atoms with Crippen LogP contribution in [-0.2, 0) is 18.4 Å². The molecule has 0 atom stereocenters. The van der Waals surface area contributed by atoms with Crippen molar-refractivity contribution in [2.24, 2.45) is 7.05 Å². The van der Waals surface area contributed by atoms with Gasteiger partial charge in [0.15, 0.2) is 5.69 Å². The van der Waals surface area contributed by atoms with Gasteiger partial charge < -0.3 is 4.74 Å². The Hall–Kier alpha value is -3.47. The number of nitrogens with zero attached hydrogens (tertiary/aromatic N) is 2. The molecule has 5 heteroatoms. The van der Waals surface area contributed by atoms with Crippen molar-refractivity contribution in [3.8, 4) is 0 Å². The summed E-state index contributed by atoms with van der Waals surface area (Å²) in [6.07, 6.45) is 0. The number of hydrogen-bond acceptors (Lipinski definition) is 4. The third-order valence-electron chi connectivity index (χ3n) is 4.39. The number of hydrogen-bond donors (Lipinski definition) is 0. The largest absolute Gasteiger partial charge is 0.456 e. The molecule has 4 aromatic rings. The topological polar surface area (TPSA) is 61.2 Å². The minimum atomic E-state index is -0.551. The number of aryl methyl sites for hydroxylation is 1. The lowest BCUT2D eigenvalue weighted by atomic mass is 10.1. The molecule has 0 fully saturated rings. The van der Waals surface area contributed by atoms with Crippen molar-refractivity contribution in [1.29, 1.82) is 0 Å². The second-order valence-electron chi connectivity index (χ2n) is 6.04. The van der Waals surface area contributed by atoms with Gasteiger partial charge in [-0.15, -0.1) is 0 Å². The highest BCUT2D eigenvalue weighted by molar-refractivity contribution is 6.02. The van der Waals surface area contributed by atoms with Crippen LogP contribution in [0.4, 0.5) is 0 Å². The maximum Gasteiger partial charge on any atom is 0.359 e. The van der Waals surface area contributed by atoms with E-state index in [0.29, 0.717) is 10.8 Å². The average molecular weight is 344 g/mol. The molecule has 0 aliphatic heterocycles. The van der Waals surface area contributed by atoms with Crippen LogP contribution >= 0.6 is 0 Å². The molecule has 128 valence electrons. The van der Waals surface area contributed by atoms with Crippen LogP contribution in [0.15, 0.2) is 71.5 Å². The molecule has 5 nitrogen and oxygen atoms in total. The predicted molar refractivity (Wildman–Crippen MR) is 100 cm³/mol. The number of rotatable bonds is 3. The van der Waals surface area contributed by atoms with Crippen molar-refractivity contribution in [2.75, 3.05) is 0 Å². The Morgan fingerprint density at radius 2 is 1.58 bits per heavy atom. The molecule has 0 aliphatic rings. The molecule has 0 saturated carbocycles. The molecular formula is C21H16N2O3. The number of benzene rings is 3. The maximum atomic E-state index is 12.6. The van der Waals surface area contributed by atoms with Gasteiger partial charge in [-0.25, -0.2) is 9.48 Å². The van der Waals surface area contributed by atoms with Gasteiger partial charge in [0, 0.05) is 12.4 Å². The first-order chi connectivity index (χ1) is 12.6. The highest BCUT2D eigenvalue weighted by Gasteiger charge is 2.17. The van der Waals surface area contributed by atoms with Gasteiger partial charge in [-0.1, -0.05) is 60.7 Å². The quantitative estimate of drug-likeness (QED) is 0.534. The summed E-state index contributed by atoms with van der Waals surface area (Å²) in [6.45, 7) is 0.138. The Labute approximate surface area is 149 Å². The van der Waals surface area contributed by atoms with E-state index in [4.69, 9.17) is 4.74 Å². The Morgan fingerprint density at radius 1 is 0.923 bits per heavy atom. The summed E-state index contributed by atoms with van der Waals surface area (Å²) < 4.78 is 6.67. The van der Waals surface area contributed by atoms with E-state index in [-0.39, 0.29) is 17.9 Å². The molecule has 0 saturated heterocycles. The van der Waals surface area contributed by atoms with Gasteiger partial charge in [-0.05, 0) is 22.4 Å². The molecule has 0 unspecified atom stereocenters. The maximum absolute atomic E-state index is 12.6. The van der Waals surface area contributed by atoms with Crippen molar-refractivity contribution in [3.63, 3.8) is 0 Å². The molecule has 0 aliphatic carbocycles. The van der Waals surface area contributed by atoms with E-state index in [1.54, 1.807) is 24.3 Å². The lowest BCUT2D eigenvalue weighted by molar-refractivity contribution is 0.0467. The van der Waals surface area contributed by atoms with Gasteiger partial charge >= 0.3 is 5.97 Å². The Bertz CT molecular complexity index is 1190. The lowest BCUT2D eigenvalue weighted by Crippen LogP contribution is -2.23. The van der Waals surface area contributed by atoms with Gasteiger partial charge in [-0.2, -0.15) is 5.10 Å². The molecule has 0 radical (unpaired) electrons. The molecule has 26 heavy (non-hydrogen) atoms. The van der Waals surface area contributed by atoms with Gasteiger partial charge in [0.1, 0.15) is 6.61 Å².